The minimum atomic E-state index is -3.95. The number of rotatable bonds is 5. The molecule has 2 rings (SSSR count). The van der Waals surface area contributed by atoms with Crippen LogP contribution in [0.4, 0.5) is 0 Å². The van der Waals surface area contributed by atoms with E-state index in [4.69, 9.17) is 0 Å². The molecular weight excluding hydrogens is 360 g/mol. The first-order chi connectivity index (χ1) is 11.7. The number of sulfonamides is 1. The van der Waals surface area contributed by atoms with Crippen molar-refractivity contribution in [1.29, 1.82) is 0 Å². The fraction of sp³-hybridized carbons (Fsp3) is 0.588. The minimum Gasteiger partial charge on any atom is -0.341 e. The van der Waals surface area contributed by atoms with Crippen LogP contribution in [0.2, 0.25) is 0 Å². The van der Waals surface area contributed by atoms with Gasteiger partial charge in [0.15, 0.2) is 0 Å². The van der Waals surface area contributed by atoms with Gasteiger partial charge >= 0.3 is 0 Å². The predicted molar refractivity (Wildman–Crippen MR) is 99.3 cm³/mol. The Kier molecular flexibility index (Phi) is 6.26. The van der Waals surface area contributed by atoms with Crippen LogP contribution in [0, 0.1) is 12.8 Å². The molecule has 1 saturated heterocycles. The maximum atomic E-state index is 12.9. The van der Waals surface area contributed by atoms with Gasteiger partial charge in [0, 0.05) is 19.0 Å². The molecule has 8 heteroatoms. The Morgan fingerprint density at radius 2 is 1.68 bits per heavy atom. The predicted octanol–water partition coefficient (Wildman–Crippen LogP) is 2.43. The molecule has 1 amide bonds. The van der Waals surface area contributed by atoms with E-state index in [1.807, 2.05) is 20.8 Å². The van der Waals surface area contributed by atoms with Crippen LogP contribution in [-0.2, 0) is 24.5 Å². The molecule has 1 aliphatic heterocycles. The van der Waals surface area contributed by atoms with E-state index < -0.39 is 19.8 Å². The van der Waals surface area contributed by atoms with Gasteiger partial charge in [0.1, 0.15) is 0 Å². The Bertz CT molecular complexity index is 820. The summed E-state index contributed by atoms with van der Waals surface area (Å²) >= 11 is 0. The normalized spacial score (nSPS) is 17.5. The molecular formula is C17H26N2O4S2. The summed E-state index contributed by atoms with van der Waals surface area (Å²) in [5.41, 5.74) is 0.941. The first-order valence-corrected chi connectivity index (χ1v) is 11.8. The largest absolute Gasteiger partial charge is 0.341 e. The van der Waals surface area contributed by atoms with E-state index >= 15 is 0 Å². The Morgan fingerprint density at radius 3 is 2.16 bits per heavy atom. The number of benzene rings is 1. The summed E-state index contributed by atoms with van der Waals surface area (Å²) in [4.78, 5) is 14.1. The van der Waals surface area contributed by atoms with E-state index in [2.05, 4.69) is 3.77 Å². The van der Waals surface area contributed by atoms with Gasteiger partial charge in [-0.3, -0.25) is 4.79 Å². The van der Waals surface area contributed by atoms with Crippen LogP contribution < -0.4 is 0 Å². The highest BCUT2D eigenvalue weighted by Crippen LogP contribution is 2.19. The second-order valence-corrected chi connectivity index (χ2v) is 10.8. The summed E-state index contributed by atoms with van der Waals surface area (Å²) in [6.45, 7) is 6.40. The summed E-state index contributed by atoms with van der Waals surface area (Å²) < 4.78 is 41.4. The number of nitrogens with zero attached hydrogens (tertiary/aromatic N) is 2. The molecule has 25 heavy (non-hydrogen) atoms. The van der Waals surface area contributed by atoms with Gasteiger partial charge in [-0.05, 0) is 31.9 Å². The van der Waals surface area contributed by atoms with Crippen molar-refractivity contribution < 1.29 is 17.4 Å². The molecule has 0 N–H and O–H groups in total. The summed E-state index contributed by atoms with van der Waals surface area (Å²) in [5.74, 6) is 0.240. The van der Waals surface area contributed by atoms with Gasteiger partial charge in [0.2, 0.25) is 5.91 Å². The topological polar surface area (TPSA) is 83.9 Å². The van der Waals surface area contributed by atoms with Gasteiger partial charge in [0.25, 0.3) is 10.0 Å². The fourth-order valence-corrected chi connectivity index (χ4v) is 6.91. The number of hydrogen-bond acceptors (Lipinski definition) is 4. The molecule has 140 valence electrons. The monoisotopic (exact) mass is 386 g/mol. The molecule has 0 aliphatic carbocycles. The third-order valence-electron chi connectivity index (χ3n) is 4.56. The fourth-order valence-electron chi connectivity index (χ4n) is 2.84. The summed E-state index contributed by atoms with van der Waals surface area (Å²) in [6, 6.07) is 6.32. The second-order valence-electron chi connectivity index (χ2n) is 6.38. The molecule has 0 unspecified atom stereocenters. The van der Waals surface area contributed by atoms with Gasteiger partial charge in [-0.25, -0.2) is 4.21 Å². The van der Waals surface area contributed by atoms with E-state index in [0.717, 1.165) is 18.4 Å². The molecule has 0 aromatic heterocycles. The van der Waals surface area contributed by atoms with Crippen molar-refractivity contribution in [2.45, 2.75) is 38.5 Å². The lowest BCUT2D eigenvalue weighted by molar-refractivity contribution is -0.135. The molecule has 0 spiro atoms. The van der Waals surface area contributed by atoms with Crippen LogP contribution >= 0.6 is 0 Å². The highest BCUT2D eigenvalue weighted by Gasteiger charge is 2.29. The number of carbonyl (C=O) groups excluding carboxylic acids is 1. The summed E-state index contributed by atoms with van der Waals surface area (Å²) in [6.07, 6.45) is 1.54. The van der Waals surface area contributed by atoms with Crippen molar-refractivity contribution in [1.82, 2.24) is 4.90 Å². The summed E-state index contributed by atoms with van der Waals surface area (Å²) in [5, 5.41) is 0. The number of hydrogen-bond donors (Lipinski definition) is 0. The van der Waals surface area contributed by atoms with E-state index in [-0.39, 0.29) is 28.2 Å². The van der Waals surface area contributed by atoms with Crippen LogP contribution in [0.15, 0.2) is 32.9 Å². The maximum absolute atomic E-state index is 12.9. The lowest BCUT2D eigenvalue weighted by atomic mass is 10.0. The Hall–Kier alpha value is -1.41. The minimum absolute atomic E-state index is 0.0256. The van der Waals surface area contributed by atoms with E-state index in [0.29, 0.717) is 13.1 Å². The molecule has 1 aliphatic rings. The molecule has 1 aromatic rings. The molecule has 0 saturated carbocycles. The number of amides is 1. The standard InChI is InChI=1S/C17H26N2O4S2/c1-4-15(5-2)17(20)19-10-12-24(21,13-11-19)18-25(22,23)16-8-6-14(3)7-9-16/h6-9,15H,4-5,10-13H2,1-3H3. The van der Waals surface area contributed by atoms with Crippen molar-refractivity contribution in [2.75, 3.05) is 24.6 Å². The van der Waals surface area contributed by atoms with Crippen molar-refractivity contribution in [2.24, 2.45) is 9.69 Å². The average Bonchev–Trinajstić information content (AvgIpc) is 2.56. The van der Waals surface area contributed by atoms with E-state index in [1.165, 1.54) is 12.1 Å². The highest BCUT2D eigenvalue weighted by atomic mass is 32.3. The first-order valence-electron chi connectivity index (χ1n) is 8.55. The molecule has 0 radical (unpaired) electrons. The zero-order valence-corrected chi connectivity index (χ0v) is 16.6. The molecule has 6 nitrogen and oxygen atoms in total. The number of carbonyl (C=O) groups is 1. The van der Waals surface area contributed by atoms with Gasteiger partial charge in [0.05, 0.1) is 26.1 Å². The van der Waals surface area contributed by atoms with E-state index in [1.54, 1.807) is 17.0 Å². The quantitative estimate of drug-likeness (QED) is 0.778. The lowest BCUT2D eigenvalue weighted by Gasteiger charge is -2.31. The second kappa shape index (κ2) is 7.86. The van der Waals surface area contributed by atoms with Gasteiger partial charge in [-0.15, -0.1) is 3.77 Å². The molecule has 1 fully saturated rings. The Labute approximate surface area is 150 Å². The van der Waals surface area contributed by atoms with Crippen molar-refractivity contribution in [3.63, 3.8) is 0 Å². The Balaban J connectivity index is 2.16. The third-order valence-corrected chi connectivity index (χ3v) is 8.94. The van der Waals surface area contributed by atoms with Crippen molar-refractivity contribution in [3.8, 4) is 0 Å². The van der Waals surface area contributed by atoms with Crippen LogP contribution in [0.3, 0.4) is 0 Å². The lowest BCUT2D eigenvalue weighted by Crippen LogP contribution is -2.46. The van der Waals surface area contributed by atoms with Crippen LogP contribution in [0.25, 0.3) is 0 Å². The zero-order valence-electron chi connectivity index (χ0n) is 15.0. The van der Waals surface area contributed by atoms with Crippen LogP contribution in [-0.4, -0.2) is 48.0 Å². The maximum Gasteiger partial charge on any atom is 0.290 e. The van der Waals surface area contributed by atoms with Gasteiger partial charge < -0.3 is 4.90 Å². The summed E-state index contributed by atoms with van der Waals surface area (Å²) in [7, 11) is -6.82. The highest BCUT2D eigenvalue weighted by molar-refractivity contribution is 8.03. The van der Waals surface area contributed by atoms with Crippen LogP contribution in [0.1, 0.15) is 32.3 Å². The van der Waals surface area contributed by atoms with Gasteiger partial charge in [-0.1, -0.05) is 31.5 Å². The molecule has 1 aromatic carbocycles. The van der Waals surface area contributed by atoms with Gasteiger partial charge in [-0.2, -0.15) is 8.42 Å². The van der Waals surface area contributed by atoms with Crippen molar-refractivity contribution in [3.05, 3.63) is 29.8 Å². The Morgan fingerprint density at radius 1 is 1.16 bits per heavy atom. The van der Waals surface area contributed by atoms with Crippen LogP contribution in [0.5, 0.6) is 0 Å². The zero-order chi connectivity index (χ0) is 18.7. The molecule has 1 heterocycles. The average molecular weight is 387 g/mol. The molecule has 0 bridgehead atoms. The van der Waals surface area contributed by atoms with Crippen molar-refractivity contribution >= 4 is 25.7 Å². The van der Waals surface area contributed by atoms with E-state index in [9.17, 15) is 17.4 Å². The third kappa shape index (κ3) is 4.82. The smallest absolute Gasteiger partial charge is 0.290 e. The number of aryl methyl sites for hydroxylation is 1. The molecule has 0 atom stereocenters. The SMILES string of the molecule is CCC(CC)C(=O)N1CCS(=O)(=NS(=O)(=O)c2ccc(C)cc2)CC1. The first kappa shape index (κ1) is 19.9.